The first-order valence-corrected chi connectivity index (χ1v) is 4.98. The molecule has 1 aromatic carbocycles. The Kier molecular flexibility index (Phi) is 4.61. The van der Waals surface area contributed by atoms with Gasteiger partial charge in [-0.05, 0) is 24.3 Å². The number of rotatable bonds is 4. The van der Waals surface area contributed by atoms with Gasteiger partial charge < -0.3 is 10.1 Å². The minimum absolute atomic E-state index is 0.359. The van der Waals surface area contributed by atoms with E-state index in [9.17, 15) is 4.79 Å². The molecule has 0 unspecified atom stereocenters. The number of benzene rings is 1. The van der Waals surface area contributed by atoms with Crippen molar-refractivity contribution < 1.29 is 9.53 Å². The van der Waals surface area contributed by atoms with Gasteiger partial charge in [0.15, 0.2) is 0 Å². The van der Waals surface area contributed by atoms with Gasteiger partial charge in [0.2, 0.25) is 0 Å². The lowest BCUT2D eigenvalue weighted by Gasteiger charge is -2.03. The fourth-order valence-electron chi connectivity index (χ4n) is 1.03. The Hall–Kier alpha value is -1.74. The van der Waals surface area contributed by atoms with Gasteiger partial charge in [-0.15, -0.1) is 0 Å². The molecule has 1 aromatic rings. The van der Waals surface area contributed by atoms with Crippen LogP contribution in [0.15, 0.2) is 48.7 Å². The number of carbonyl (C=O) groups excluding carboxylic acids is 1. The van der Waals surface area contributed by atoms with Gasteiger partial charge in [-0.3, -0.25) is 0 Å². The first kappa shape index (κ1) is 12.3. The van der Waals surface area contributed by atoms with Crippen molar-refractivity contribution in [2.45, 2.75) is 0 Å². The summed E-state index contributed by atoms with van der Waals surface area (Å²) in [6, 6.07) is 7.11. The van der Waals surface area contributed by atoms with E-state index in [4.69, 9.17) is 11.6 Å². The molecule has 0 spiro atoms. The van der Waals surface area contributed by atoms with Crippen molar-refractivity contribution >= 4 is 23.3 Å². The third-order valence-corrected chi connectivity index (χ3v) is 2.13. The van der Waals surface area contributed by atoms with Crippen molar-refractivity contribution in [3.63, 3.8) is 0 Å². The number of methoxy groups -OCH3 is 1. The first-order valence-electron chi connectivity index (χ1n) is 4.60. The molecule has 0 bridgehead atoms. The molecule has 0 aliphatic carbocycles. The summed E-state index contributed by atoms with van der Waals surface area (Å²) in [6.07, 6.45) is 2.96. The van der Waals surface area contributed by atoms with E-state index in [-0.39, 0.29) is 0 Å². The molecule has 0 heterocycles. The Balaban J connectivity index is 2.74. The second kappa shape index (κ2) is 5.98. The second-order valence-corrected chi connectivity index (χ2v) is 3.38. The molecule has 0 atom stereocenters. The quantitative estimate of drug-likeness (QED) is 0.497. The Morgan fingerprint density at radius 2 is 2.06 bits per heavy atom. The van der Waals surface area contributed by atoms with Crippen LogP contribution >= 0.6 is 11.6 Å². The van der Waals surface area contributed by atoms with E-state index in [1.165, 1.54) is 19.4 Å². The minimum Gasteiger partial charge on any atom is -0.465 e. The summed E-state index contributed by atoms with van der Waals surface area (Å²) in [7, 11) is 1.32. The number of hydrogen-bond donors (Lipinski definition) is 1. The van der Waals surface area contributed by atoms with Crippen molar-refractivity contribution in [1.82, 2.24) is 0 Å². The second-order valence-electron chi connectivity index (χ2n) is 2.95. The number of carbonyl (C=O) groups is 1. The number of esters is 1. The molecule has 4 heteroatoms. The van der Waals surface area contributed by atoms with Gasteiger partial charge in [0.05, 0.1) is 12.7 Å². The van der Waals surface area contributed by atoms with Gasteiger partial charge in [-0.25, -0.2) is 4.79 Å². The zero-order valence-corrected chi connectivity index (χ0v) is 9.62. The summed E-state index contributed by atoms with van der Waals surface area (Å²) in [5, 5.41) is 3.60. The SMILES string of the molecule is C=CC(=CNc1ccc(Cl)cc1)C(=O)OC. The van der Waals surface area contributed by atoms with Crippen LogP contribution in [-0.2, 0) is 9.53 Å². The lowest BCUT2D eigenvalue weighted by Crippen LogP contribution is -2.04. The molecule has 0 aromatic heterocycles. The van der Waals surface area contributed by atoms with Gasteiger partial charge in [-0.1, -0.05) is 24.3 Å². The maximum Gasteiger partial charge on any atom is 0.339 e. The summed E-state index contributed by atoms with van der Waals surface area (Å²) in [5.74, 6) is -0.434. The summed E-state index contributed by atoms with van der Waals surface area (Å²) < 4.78 is 4.57. The van der Waals surface area contributed by atoms with Gasteiger partial charge in [0, 0.05) is 16.9 Å². The molecule has 1 N–H and O–H groups in total. The Bertz CT molecular complexity index is 410. The predicted molar refractivity (Wildman–Crippen MR) is 65.4 cm³/mol. The van der Waals surface area contributed by atoms with Crippen LogP contribution in [0, 0.1) is 0 Å². The molecular weight excluding hydrogens is 226 g/mol. The van der Waals surface area contributed by atoms with Crippen LogP contribution in [-0.4, -0.2) is 13.1 Å². The number of anilines is 1. The van der Waals surface area contributed by atoms with Crippen LogP contribution in [0.25, 0.3) is 0 Å². The van der Waals surface area contributed by atoms with E-state index < -0.39 is 5.97 Å². The number of halogens is 1. The zero-order valence-electron chi connectivity index (χ0n) is 8.87. The summed E-state index contributed by atoms with van der Waals surface area (Å²) in [6.45, 7) is 3.53. The average Bonchev–Trinajstić information content (AvgIpc) is 2.31. The highest BCUT2D eigenvalue weighted by Gasteiger charge is 2.03. The van der Waals surface area contributed by atoms with E-state index in [1.807, 2.05) is 0 Å². The van der Waals surface area contributed by atoms with Crippen LogP contribution in [0.2, 0.25) is 5.02 Å². The van der Waals surface area contributed by atoms with Gasteiger partial charge in [0.1, 0.15) is 0 Å². The fraction of sp³-hybridized carbons (Fsp3) is 0.0833. The highest BCUT2D eigenvalue weighted by Crippen LogP contribution is 2.13. The molecular formula is C12H12ClNO2. The molecule has 0 aliphatic heterocycles. The first-order chi connectivity index (χ1) is 7.67. The van der Waals surface area contributed by atoms with Crippen molar-refractivity contribution in [2.24, 2.45) is 0 Å². The predicted octanol–water partition coefficient (Wildman–Crippen LogP) is 2.99. The summed E-state index contributed by atoms with van der Waals surface area (Å²) >= 11 is 5.74. The van der Waals surface area contributed by atoms with Crippen LogP contribution in [0.3, 0.4) is 0 Å². The highest BCUT2D eigenvalue weighted by molar-refractivity contribution is 6.30. The smallest absolute Gasteiger partial charge is 0.339 e. The van der Waals surface area contributed by atoms with Crippen LogP contribution < -0.4 is 5.32 Å². The van der Waals surface area contributed by atoms with Crippen molar-refractivity contribution in [2.75, 3.05) is 12.4 Å². The zero-order chi connectivity index (χ0) is 12.0. The Morgan fingerprint density at radius 3 is 2.56 bits per heavy atom. The molecule has 1 rings (SSSR count). The molecule has 16 heavy (non-hydrogen) atoms. The monoisotopic (exact) mass is 237 g/mol. The van der Waals surface area contributed by atoms with E-state index in [0.717, 1.165) is 5.69 Å². The lowest BCUT2D eigenvalue weighted by molar-refractivity contribution is -0.135. The summed E-state index contributed by atoms with van der Waals surface area (Å²) in [4.78, 5) is 11.2. The third kappa shape index (κ3) is 3.44. The average molecular weight is 238 g/mol. The van der Waals surface area contributed by atoms with Crippen LogP contribution in [0.4, 0.5) is 5.69 Å². The highest BCUT2D eigenvalue weighted by atomic mass is 35.5. The minimum atomic E-state index is -0.434. The van der Waals surface area contributed by atoms with Crippen molar-refractivity contribution in [3.05, 3.63) is 53.7 Å². The van der Waals surface area contributed by atoms with Gasteiger partial charge in [-0.2, -0.15) is 0 Å². The van der Waals surface area contributed by atoms with Crippen molar-refractivity contribution in [3.8, 4) is 0 Å². The van der Waals surface area contributed by atoms with E-state index in [0.29, 0.717) is 10.6 Å². The van der Waals surface area contributed by atoms with E-state index in [1.54, 1.807) is 24.3 Å². The molecule has 0 saturated heterocycles. The number of hydrogen-bond acceptors (Lipinski definition) is 3. The maximum absolute atomic E-state index is 11.2. The fourth-order valence-corrected chi connectivity index (χ4v) is 1.15. The number of ether oxygens (including phenoxy) is 1. The summed E-state index contributed by atoms with van der Waals surface area (Å²) in [5.41, 5.74) is 1.19. The van der Waals surface area contributed by atoms with Gasteiger partial charge >= 0.3 is 5.97 Å². The van der Waals surface area contributed by atoms with Crippen LogP contribution in [0.1, 0.15) is 0 Å². The largest absolute Gasteiger partial charge is 0.465 e. The molecule has 0 radical (unpaired) electrons. The van der Waals surface area contributed by atoms with E-state index in [2.05, 4.69) is 16.6 Å². The van der Waals surface area contributed by atoms with E-state index >= 15 is 0 Å². The molecule has 0 saturated carbocycles. The maximum atomic E-state index is 11.2. The lowest BCUT2D eigenvalue weighted by atomic mass is 10.3. The topological polar surface area (TPSA) is 38.3 Å². The Labute approximate surface area is 99.4 Å². The third-order valence-electron chi connectivity index (χ3n) is 1.88. The molecule has 3 nitrogen and oxygen atoms in total. The standard InChI is InChI=1S/C12H12ClNO2/c1-3-9(12(15)16-2)8-14-11-6-4-10(13)5-7-11/h3-8,14H,1H2,2H3. The molecule has 0 aliphatic rings. The van der Waals surface area contributed by atoms with Crippen LogP contribution in [0.5, 0.6) is 0 Å². The molecule has 0 amide bonds. The molecule has 0 fully saturated rings. The van der Waals surface area contributed by atoms with Crippen molar-refractivity contribution in [1.29, 1.82) is 0 Å². The Morgan fingerprint density at radius 1 is 1.44 bits per heavy atom. The molecule has 84 valence electrons. The van der Waals surface area contributed by atoms with Gasteiger partial charge in [0.25, 0.3) is 0 Å². The normalized spacial score (nSPS) is 10.8. The number of nitrogens with one attached hydrogen (secondary N) is 1.